The lowest BCUT2D eigenvalue weighted by molar-refractivity contribution is -0.384. The molecule has 1 aliphatic heterocycles. The van der Waals surface area contributed by atoms with E-state index in [1.165, 1.54) is 13.0 Å². The summed E-state index contributed by atoms with van der Waals surface area (Å²) in [6.07, 6.45) is 1.60. The maximum absolute atomic E-state index is 14.4. The summed E-state index contributed by atoms with van der Waals surface area (Å²) in [5, 5.41) is 16.2. The van der Waals surface area contributed by atoms with E-state index in [0.29, 0.717) is 32.7 Å². The summed E-state index contributed by atoms with van der Waals surface area (Å²) < 4.78 is 14.4. The van der Waals surface area contributed by atoms with E-state index in [1.54, 1.807) is 11.0 Å². The van der Waals surface area contributed by atoms with Gasteiger partial charge in [-0.2, -0.15) is 0 Å². The Balaban J connectivity index is 2.08. The van der Waals surface area contributed by atoms with Crippen molar-refractivity contribution in [1.29, 1.82) is 0 Å². The first-order valence-corrected chi connectivity index (χ1v) is 8.42. The summed E-state index contributed by atoms with van der Waals surface area (Å²) >= 11 is 0. The Morgan fingerprint density at radius 3 is 2.56 bits per heavy atom. The van der Waals surface area contributed by atoms with Gasteiger partial charge in [-0.3, -0.25) is 24.6 Å². The molecule has 1 aromatic rings. The second kappa shape index (κ2) is 9.08. The zero-order valence-corrected chi connectivity index (χ0v) is 15.0. The van der Waals surface area contributed by atoms with E-state index in [9.17, 15) is 24.1 Å². The zero-order valence-electron chi connectivity index (χ0n) is 15.0. The summed E-state index contributed by atoms with van der Waals surface area (Å²) in [5.74, 6) is -1.32. The normalized spacial score (nSPS) is 14.5. The largest absolute Gasteiger partial charge is 0.367 e. The highest BCUT2D eigenvalue weighted by Gasteiger charge is 2.25. The fraction of sp³-hybridized carbons (Fsp3) is 0.412. The number of nitro groups is 1. The van der Waals surface area contributed by atoms with Gasteiger partial charge in [-0.25, -0.2) is 4.39 Å². The lowest BCUT2D eigenvalue weighted by Gasteiger charge is -2.36. The molecule has 9 nitrogen and oxygen atoms in total. The van der Waals surface area contributed by atoms with Gasteiger partial charge in [0.2, 0.25) is 11.8 Å². The standard InChI is InChI=1S/C17H22FN5O4/c1-3-4-19-17(25)11-21-5-7-22(8-6-21)15-10-14(20-12(2)24)16(23(26)27)9-13(15)18/h3,9-10H,1,4-8,11H2,2H3,(H,19,25)(H,20,24). The Labute approximate surface area is 156 Å². The van der Waals surface area contributed by atoms with Crippen LogP contribution in [0.25, 0.3) is 0 Å². The van der Waals surface area contributed by atoms with Crippen molar-refractivity contribution < 1.29 is 18.9 Å². The number of halogens is 1. The third kappa shape index (κ3) is 5.48. The molecule has 2 rings (SSSR count). The highest BCUT2D eigenvalue weighted by atomic mass is 19.1. The maximum atomic E-state index is 14.4. The number of rotatable bonds is 7. The molecule has 0 aromatic heterocycles. The first kappa shape index (κ1) is 20.3. The SMILES string of the molecule is C=CCNC(=O)CN1CCN(c2cc(NC(C)=O)c([N+](=O)[O-])cc2F)CC1. The van der Waals surface area contributed by atoms with Gasteiger partial charge in [-0.15, -0.1) is 6.58 Å². The van der Waals surface area contributed by atoms with Crippen LogP contribution >= 0.6 is 0 Å². The fourth-order valence-corrected chi connectivity index (χ4v) is 2.83. The van der Waals surface area contributed by atoms with E-state index < -0.39 is 22.3 Å². The van der Waals surface area contributed by atoms with E-state index >= 15 is 0 Å². The van der Waals surface area contributed by atoms with Crippen molar-refractivity contribution >= 4 is 28.9 Å². The molecule has 2 N–H and O–H groups in total. The van der Waals surface area contributed by atoms with E-state index in [0.717, 1.165) is 6.07 Å². The Kier molecular flexibility index (Phi) is 6.83. The van der Waals surface area contributed by atoms with Gasteiger partial charge in [0.1, 0.15) is 5.69 Å². The van der Waals surface area contributed by atoms with Gasteiger partial charge in [0.15, 0.2) is 5.82 Å². The Morgan fingerprint density at radius 1 is 1.33 bits per heavy atom. The average molecular weight is 379 g/mol. The lowest BCUT2D eigenvalue weighted by Crippen LogP contribution is -2.49. The minimum absolute atomic E-state index is 0.0462. The summed E-state index contributed by atoms with van der Waals surface area (Å²) in [7, 11) is 0. The third-order valence-electron chi connectivity index (χ3n) is 4.10. The van der Waals surface area contributed by atoms with Crippen LogP contribution in [-0.4, -0.2) is 60.9 Å². The number of amides is 2. The molecule has 10 heteroatoms. The van der Waals surface area contributed by atoms with Crippen LogP contribution in [0.3, 0.4) is 0 Å². The molecule has 146 valence electrons. The molecule has 0 aliphatic carbocycles. The molecule has 0 radical (unpaired) electrons. The van der Waals surface area contributed by atoms with Crippen LogP contribution in [0, 0.1) is 15.9 Å². The molecule has 1 saturated heterocycles. The second-order valence-corrected chi connectivity index (χ2v) is 6.12. The van der Waals surface area contributed by atoms with Gasteiger partial charge in [0.05, 0.1) is 23.2 Å². The van der Waals surface area contributed by atoms with E-state index in [4.69, 9.17) is 0 Å². The molecular weight excluding hydrogens is 357 g/mol. The lowest BCUT2D eigenvalue weighted by atomic mass is 10.2. The molecule has 0 atom stereocenters. The van der Waals surface area contributed by atoms with Crippen LogP contribution in [0.4, 0.5) is 21.5 Å². The van der Waals surface area contributed by atoms with Crippen LogP contribution in [0.1, 0.15) is 6.92 Å². The van der Waals surface area contributed by atoms with Crippen LogP contribution < -0.4 is 15.5 Å². The Hall–Kier alpha value is -3.01. The van der Waals surface area contributed by atoms with Gasteiger partial charge < -0.3 is 15.5 Å². The predicted molar refractivity (Wildman–Crippen MR) is 99.2 cm³/mol. The summed E-state index contributed by atoms with van der Waals surface area (Å²) in [6.45, 7) is 7.36. The summed E-state index contributed by atoms with van der Waals surface area (Å²) in [4.78, 5) is 37.1. The number of piperazine rings is 1. The number of nitrogens with zero attached hydrogens (tertiary/aromatic N) is 3. The Morgan fingerprint density at radius 2 is 2.00 bits per heavy atom. The molecule has 0 unspecified atom stereocenters. The van der Waals surface area contributed by atoms with Crippen LogP contribution in [-0.2, 0) is 9.59 Å². The quantitative estimate of drug-likeness (QED) is 0.418. The number of nitro benzene ring substituents is 1. The fourth-order valence-electron chi connectivity index (χ4n) is 2.83. The van der Waals surface area contributed by atoms with Crippen LogP contribution in [0.2, 0.25) is 0 Å². The monoisotopic (exact) mass is 379 g/mol. The van der Waals surface area contributed by atoms with Crippen molar-refractivity contribution in [3.05, 3.63) is 40.7 Å². The molecule has 0 saturated carbocycles. The topological polar surface area (TPSA) is 108 Å². The molecule has 1 aliphatic rings. The number of benzene rings is 1. The highest BCUT2D eigenvalue weighted by molar-refractivity contribution is 5.92. The van der Waals surface area contributed by atoms with Crippen molar-refractivity contribution in [2.45, 2.75) is 6.92 Å². The smallest absolute Gasteiger partial charge is 0.295 e. The summed E-state index contributed by atoms with van der Waals surface area (Å²) in [5.41, 5.74) is -0.362. The summed E-state index contributed by atoms with van der Waals surface area (Å²) in [6, 6.07) is 2.09. The average Bonchev–Trinajstić information content (AvgIpc) is 2.61. The van der Waals surface area contributed by atoms with Crippen molar-refractivity contribution in [1.82, 2.24) is 10.2 Å². The minimum atomic E-state index is -0.738. The molecule has 27 heavy (non-hydrogen) atoms. The molecular formula is C17H22FN5O4. The van der Waals surface area contributed by atoms with Crippen molar-refractivity contribution in [2.24, 2.45) is 0 Å². The van der Waals surface area contributed by atoms with Crippen molar-refractivity contribution in [3.8, 4) is 0 Å². The van der Waals surface area contributed by atoms with Crippen LogP contribution in [0.15, 0.2) is 24.8 Å². The van der Waals surface area contributed by atoms with E-state index in [2.05, 4.69) is 17.2 Å². The number of carbonyl (C=O) groups is 2. The molecule has 1 aromatic carbocycles. The van der Waals surface area contributed by atoms with Crippen molar-refractivity contribution in [3.63, 3.8) is 0 Å². The predicted octanol–water partition coefficient (Wildman–Crippen LogP) is 1.12. The third-order valence-corrected chi connectivity index (χ3v) is 4.10. The van der Waals surface area contributed by atoms with E-state index in [1.807, 2.05) is 4.90 Å². The van der Waals surface area contributed by atoms with Gasteiger partial charge in [0, 0.05) is 39.6 Å². The molecule has 0 spiro atoms. The van der Waals surface area contributed by atoms with Gasteiger partial charge in [0.25, 0.3) is 5.69 Å². The molecule has 2 amide bonds. The number of anilines is 2. The van der Waals surface area contributed by atoms with Crippen molar-refractivity contribution in [2.75, 3.05) is 49.5 Å². The second-order valence-electron chi connectivity index (χ2n) is 6.12. The van der Waals surface area contributed by atoms with Crippen LogP contribution in [0.5, 0.6) is 0 Å². The zero-order chi connectivity index (χ0) is 20.0. The molecule has 0 bridgehead atoms. The van der Waals surface area contributed by atoms with Gasteiger partial charge in [-0.05, 0) is 6.07 Å². The first-order valence-electron chi connectivity index (χ1n) is 8.42. The number of hydrogen-bond acceptors (Lipinski definition) is 6. The number of hydrogen-bond donors (Lipinski definition) is 2. The van der Waals surface area contributed by atoms with Gasteiger partial charge >= 0.3 is 0 Å². The number of carbonyl (C=O) groups excluding carboxylic acids is 2. The maximum Gasteiger partial charge on any atom is 0.295 e. The van der Waals surface area contributed by atoms with Gasteiger partial charge in [-0.1, -0.05) is 6.08 Å². The molecule has 1 fully saturated rings. The number of nitrogens with one attached hydrogen (secondary N) is 2. The molecule has 1 heterocycles. The Bertz CT molecular complexity index is 747. The minimum Gasteiger partial charge on any atom is -0.367 e. The first-order chi connectivity index (χ1) is 12.8. The van der Waals surface area contributed by atoms with E-state index in [-0.39, 0.29) is 23.8 Å². The highest BCUT2D eigenvalue weighted by Crippen LogP contribution is 2.33.